The van der Waals surface area contributed by atoms with Gasteiger partial charge in [0.1, 0.15) is 5.75 Å². The van der Waals surface area contributed by atoms with E-state index < -0.39 is 0 Å². The monoisotopic (exact) mass is 302 g/mol. The second-order valence-electron chi connectivity index (χ2n) is 5.41. The Kier molecular flexibility index (Phi) is 6.62. The summed E-state index contributed by atoms with van der Waals surface area (Å²) in [5.41, 5.74) is 2.66. The normalized spacial score (nSPS) is 12.1. The zero-order chi connectivity index (χ0) is 14.9. The third-order valence-corrected chi connectivity index (χ3v) is 4.28. The predicted octanol–water partition coefficient (Wildman–Crippen LogP) is 5.12. The van der Waals surface area contributed by atoms with Crippen LogP contribution >= 0.6 is 11.6 Å². The molecule has 0 fully saturated rings. The summed E-state index contributed by atoms with van der Waals surface area (Å²) in [6.45, 7) is 0. The van der Waals surface area contributed by atoms with Crippen molar-refractivity contribution in [2.24, 2.45) is 5.92 Å². The van der Waals surface area contributed by atoms with Gasteiger partial charge in [-0.25, -0.2) is 0 Å². The van der Waals surface area contributed by atoms with Crippen molar-refractivity contribution in [1.82, 2.24) is 0 Å². The van der Waals surface area contributed by atoms with Gasteiger partial charge in [-0.1, -0.05) is 48.5 Å². The average molecular weight is 303 g/mol. The molecule has 0 aliphatic rings. The Morgan fingerprint density at radius 1 is 1.00 bits per heavy atom. The summed E-state index contributed by atoms with van der Waals surface area (Å²) < 4.78 is 5.42. The molecule has 112 valence electrons. The van der Waals surface area contributed by atoms with Gasteiger partial charge in [-0.2, -0.15) is 0 Å². The van der Waals surface area contributed by atoms with Gasteiger partial charge in [0, 0.05) is 5.88 Å². The summed E-state index contributed by atoms with van der Waals surface area (Å²) in [5, 5.41) is 0. The van der Waals surface area contributed by atoms with Crippen LogP contribution in [0, 0.1) is 5.92 Å². The first-order valence-corrected chi connectivity index (χ1v) is 8.08. The summed E-state index contributed by atoms with van der Waals surface area (Å²) in [7, 11) is 1.73. The maximum absolute atomic E-state index is 6.15. The van der Waals surface area contributed by atoms with E-state index in [4.69, 9.17) is 16.3 Å². The maximum Gasteiger partial charge on any atom is 0.122 e. The molecule has 2 rings (SSSR count). The third kappa shape index (κ3) is 5.09. The van der Waals surface area contributed by atoms with Crippen LogP contribution < -0.4 is 4.74 Å². The number of halogens is 1. The molecule has 0 amide bonds. The molecule has 0 bridgehead atoms. The summed E-state index contributed by atoms with van der Waals surface area (Å²) in [6, 6.07) is 18.9. The summed E-state index contributed by atoms with van der Waals surface area (Å²) in [6.07, 6.45) is 4.44. The number of hydrogen-bond donors (Lipinski definition) is 0. The van der Waals surface area contributed by atoms with Crippen molar-refractivity contribution in [3.63, 3.8) is 0 Å². The van der Waals surface area contributed by atoms with E-state index in [1.54, 1.807) is 7.11 Å². The van der Waals surface area contributed by atoms with Crippen LogP contribution in [-0.4, -0.2) is 13.0 Å². The predicted molar refractivity (Wildman–Crippen MR) is 90.3 cm³/mol. The lowest BCUT2D eigenvalue weighted by molar-refractivity contribution is 0.403. The van der Waals surface area contributed by atoms with Crippen molar-refractivity contribution in [3.05, 3.63) is 65.7 Å². The third-order valence-electron chi connectivity index (χ3n) is 3.84. The van der Waals surface area contributed by atoms with E-state index in [0.29, 0.717) is 11.8 Å². The number of methoxy groups -OCH3 is 1. The first kappa shape index (κ1) is 15.9. The molecule has 2 aromatic rings. The van der Waals surface area contributed by atoms with Gasteiger partial charge < -0.3 is 4.74 Å². The van der Waals surface area contributed by atoms with Crippen LogP contribution in [0.25, 0.3) is 0 Å². The van der Waals surface area contributed by atoms with Gasteiger partial charge in [0.2, 0.25) is 0 Å². The SMILES string of the molecule is COc1ccccc1CC(CCl)CCCc1ccccc1. The molecule has 1 unspecified atom stereocenters. The molecule has 0 radical (unpaired) electrons. The smallest absolute Gasteiger partial charge is 0.122 e. The molecule has 0 N–H and O–H groups in total. The van der Waals surface area contributed by atoms with Crippen molar-refractivity contribution in [2.45, 2.75) is 25.7 Å². The van der Waals surface area contributed by atoms with Gasteiger partial charge in [0.25, 0.3) is 0 Å². The topological polar surface area (TPSA) is 9.23 Å². The van der Waals surface area contributed by atoms with Crippen LogP contribution in [0.2, 0.25) is 0 Å². The van der Waals surface area contributed by atoms with Gasteiger partial charge in [-0.3, -0.25) is 0 Å². The number of aryl methyl sites for hydroxylation is 1. The highest BCUT2D eigenvalue weighted by molar-refractivity contribution is 6.18. The summed E-state index contributed by atoms with van der Waals surface area (Å²) in [4.78, 5) is 0. The van der Waals surface area contributed by atoms with Crippen LogP contribution in [0.4, 0.5) is 0 Å². The van der Waals surface area contributed by atoms with E-state index in [2.05, 4.69) is 42.5 Å². The lowest BCUT2D eigenvalue weighted by Gasteiger charge is -2.16. The number of ether oxygens (including phenoxy) is 1. The Hall–Kier alpha value is -1.47. The molecule has 0 saturated carbocycles. The molecule has 1 atom stereocenters. The van der Waals surface area contributed by atoms with Gasteiger partial charge in [0.05, 0.1) is 7.11 Å². The fourth-order valence-electron chi connectivity index (χ4n) is 2.66. The molecule has 0 aromatic heterocycles. The van der Waals surface area contributed by atoms with Crippen LogP contribution in [0.3, 0.4) is 0 Å². The van der Waals surface area contributed by atoms with Crippen molar-refractivity contribution in [2.75, 3.05) is 13.0 Å². The zero-order valence-corrected chi connectivity index (χ0v) is 13.4. The van der Waals surface area contributed by atoms with Gasteiger partial charge >= 0.3 is 0 Å². The zero-order valence-electron chi connectivity index (χ0n) is 12.6. The van der Waals surface area contributed by atoms with Crippen molar-refractivity contribution < 1.29 is 4.74 Å². The van der Waals surface area contributed by atoms with E-state index in [9.17, 15) is 0 Å². The number of para-hydroxylation sites is 1. The molecular weight excluding hydrogens is 280 g/mol. The Bertz CT molecular complexity index is 524. The van der Waals surface area contributed by atoms with E-state index in [1.807, 2.05) is 12.1 Å². The molecule has 0 heterocycles. The van der Waals surface area contributed by atoms with Crippen molar-refractivity contribution in [3.8, 4) is 5.75 Å². The van der Waals surface area contributed by atoms with Gasteiger partial charge in [-0.05, 0) is 48.8 Å². The second-order valence-corrected chi connectivity index (χ2v) is 5.72. The molecule has 2 aromatic carbocycles. The highest BCUT2D eigenvalue weighted by Gasteiger charge is 2.11. The Labute approximate surface area is 132 Å². The largest absolute Gasteiger partial charge is 0.496 e. The summed E-state index contributed by atoms with van der Waals surface area (Å²) in [5.74, 6) is 2.18. The average Bonchev–Trinajstić information content (AvgIpc) is 2.55. The molecular formula is C19H23ClO. The number of rotatable bonds is 8. The standard InChI is InChI=1S/C19H23ClO/c1-21-19-13-6-5-12-18(19)14-17(15-20)11-7-10-16-8-3-2-4-9-16/h2-6,8-9,12-13,17H,7,10-11,14-15H2,1H3. The number of benzene rings is 2. The van der Waals surface area contributed by atoms with Crippen LogP contribution in [0.1, 0.15) is 24.0 Å². The van der Waals surface area contributed by atoms with Crippen LogP contribution in [-0.2, 0) is 12.8 Å². The minimum atomic E-state index is 0.506. The Balaban J connectivity index is 1.85. The molecule has 0 spiro atoms. The Morgan fingerprint density at radius 2 is 1.71 bits per heavy atom. The number of alkyl halides is 1. The molecule has 1 nitrogen and oxygen atoms in total. The fourth-order valence-corrected chi connectivity index (χ4v) is 2.92. The lowest BCUT2D eigenvalue weighted by Crippen LogP contribution is -2.08. The highest BCUT2D eigenvalue weighted by atomic mass is 35.5. The second kappa shape index (κ2) is 8.74. The van der Waals surface area contributed by atoms with Crippen LogP contribution in [0.5, 0.6) is 5.75 Å². The highest BCUT2D eigenvalue weighted by Crippen LogP contribution is 2.24. The lowest BCUT2D eigenvalue weighted by atomic mass is 9.94. The molecule has 0 saturated heterocycles. The van der Waals surface area contributed by atoms with E-state index in [1.165, 1.54) is 17.5 Å². The maximum atomic E-state index is 6.15. The number of hydrogen-bond acceptors (Lipinski definition) is 1. The van der Waals surface area contributed by atoms with Crippen molar-refractivity contribution in [1.29, 1.82) is 0 Å². The van der Waals surface area contributed by atoms with Gasteiger partial charge in [-0.15, -0.1) is 11.6 Å². The van der Waals surface area contributed by atoms with Crippen LogP contribution in [0.15, 0.2) is 54.6 Å². The first-order valence-electron chi connectivity index (χ1n) is 7.55. The minimum Gasteiger partial charge on any atom is -0.496 e. The van der Waals surface area contributed by atoms with Crippen molar-refractivity contribution >= 4 is 11.6 Å². The molecule has 0 aliphatic heterocycles. The Morgan fingerprint density at radius 3 is 2.43 bits per heavy atom. The molecule has 2 heteroatoms. The van der Waals surface area contributed by atoms with E-state index >= 15 is 0 Å². The molecule has 21 heavy (non-hydrogen) atoms. The first-order chi connectivity index (χ1) is 10.3. The van der Waals surface area contributed by atoms with E-state index in [0.717, 1.165) is 25.0 Å². The van der Waals surface area contributed by atoms with Gasteiger partial charge in [0.15, 0.2) is 0 Å². The molecule has 0 aliphatic carbocycles. The quantitative estimate of drug-likeness (QED) is 0.615. The summed E-state index contributed by atoms with van der Waals surface area (Å²) >= 11 is 6.15. The minimum absolute atomic E-state index is 0.506. The fraction of sp³-hybridized carbons (Fsp3) is 0.368. The van der Waals surface area contributed by atoms with E-state index in [-0.39, 0.29) is 0 Å².